The second-order valence-corrected chi connectivity index (χ2v) is 10.5. The molecule has 3 saturated heterocycles. The van der Waals surface area contributed by atoms with E-state index < -0.39 is 0 Å². The van der Waals surface area contributed by atoms with Crippen molar-refractivity contribution in [1.82, 2.24) is 14.7 Å². The number of hydrogen-bond acceptors (Lipinski definition) is 6. The van der Waals surface area contributed by atoms with E-state index in [1.165, 1.54) is 45.2 Å². The maximum Gasteiger partial charge on any atom is 0.231 e. The van der Waals surface area contributed by atoms with Crippen LogP contribution in [0.2, 0.25) is 0 Å². The highest BCUT2D eigenvalue weighted by molar-refractivity contribution is 5.89. The molecular formula is C27H39N3O5. The second-order valence-electron chi connectivity index (χ2n) is 10.5. The number of carbonyl (C=O) groups excluding carboxylic acids is 2. The first-order valence-electron chi connectivity index (χ1n) is 13.3. The molecule has 3 fully saturated rings. The van der Waals surface area contributed by atoms with Crippen LogP contribution in [0.3, 0.4) is 0 Å². The molecule has 8 heteroatoms. The Morgan fingerprint density at radius 1 is 1.14 bits per heavy atom. The highest BCUT2D eigenvalue weighted by atomic mass is 16.7. The third-order valence-corrected chi connectivity index (χ3v) is 8.15. The lowest BCUT2D eigenvalue weighted by Gasteiger charge is -2.46. The zero-order chi connectivity index (χ0) is 24.2. The van der Waals surface area contributed by atoms with Crippen molar-refractivity contribution in [2.24, 2.45) is 11.8 Å². The quantitative estimate of drug-likeness (QED) is 0.501. The van der Waals surface area contributed by atoms with E-state index >= 15 is 0 Å². The Morgan fingerprint density at radius 3 is 2.89 bits per heavy atom. The summed E-state index contributed by atoms with van der Waals surface area (Å²) in [5, 5.41) is 0. The van der Waals surface area contributed by atoms with Crippen molar-refractivity contribution in [2.75, 3.05) is 53.2 Å². The summed E-state index contributed by atoms with van der Waals surface area (Å²) in [7, 11) is 1.71. The molecule has 8 nitrogen and oxygen atoms in total. The van der Waals surface area contributed by atoms with Crippen LogP contribution in [0.5, 0.6) is 11.5 Å². The number of rotatable bonds is 9. The molecule has 1 aromatic carbocycles. The van der Waals surface area contributed by atoms with Crippen molar-refractivity contribution in [2.45, 2.75) is 57.5 Å². The van der Waals surface area contributed by atoms with Crippen molar-refractivity contribution in [3.63, 3.8) is 0 Å². The molecule has 2 amide bonds. The minimum Gasteiger partial charge on any atom is -0.454 e. The highest BCUT2D eigenvalue weighted by Gasteiger charge is 2.39. The molecule has 0 aromatic heterocycles. The van der Waals surface area contributed by atoms with Gasteiger partial charge in [0.05, 0.1) is 5.92 Å². The molecule has 35 heavy (non-hydrogen) atoms. The summed E-state index contributed by atoms with van der Waals surface area (Å²) in [6.07, 6.45) is 7.36. The lowest BCUT2D eigenvalue weighted by molar-refractivity contribution is -0.137. The number of fused-ring (bicyclic) bond motifs is 2. The normalized spacial score (nSPS) is 26.1. The molecule has 3 atom stereocenters. The summed E-state index contributed by atoms with van der Waals surface area (Å²) < 4.78 is 16.1. The van der Waals surface area contributed by atoms with Crippen LogP contribution in [-0.4, -0.2) is 85.8 Å². The Labute approximate surface area is 208 Å². The van der Waals surface area contributed by atoms with Gasteiger partial charge < -0.3 is 28.9 Å². The van der Waals surface area contributed by atoms with Gasteiger partial charge in [-0.25, -0.2) is 0 Å². The predicted octanol–water partition coefficient (Wildman–Crippen LogP) is 2.89. The van der Waals surface area contributed by atoms with E-state index in [-0.39, 0.29) is 24.5 Å². The van der Waals surface area contributed by atoms with Gasteiger partial charge in [-0.1, -0.05) is 12.5 Å². The highest BCUT2D eigenvalue weighted by Crippen LogP contribution is 2.34. The monoisotopic (exact) mass is 485 g/mol. The Morgan fingerprint density at radius 2 is 2.00 bits per heavy atom. The third-order valence-electron chi connectivity index (χ3n) is 8.15. The van der Waals surface area contributed by atoms with Gasteiger partial charge in [0, 0.05) is 52.4 Å². The summed E-state index contributed by atoms with van der Waals surface area (Å²) >= 11 is 0. The minimum atomic E-state index is -0.273. The number of piperidine rings is 2. The number of hydrogen-bond donors (Lipinski definition) is 0. The molecule has 0 saturated carbocycles. The van der Waals surface area contributed by atoms with Crippen LogP contribution in [0, 0.1) is 11.8 Å². The standard InChI is InChI=1S/C27H39N3O5/c1-33-13-5-12-29(17-21-6-4-11-28-10-3-2-7-23(21)28)27(32)22-15-26(31)30(18-22)16-20-8-9-24-25(14-20)35-19-34-24/h8-9,14,21-23H,2-7,10-13,15-19H2,1H3. The van der Waals surface area contributed by atoms with Crippen LogP contribution >= 0.6 is 0 Å². The fraction of sp³-hybridized carbons (Fsp3) is 0.704. The predicted molar refractivity (Wildman–Crippen MR) is 131 cm³/mol. The van der Waals surface area contributed by atoms with Crippen molar-refractivity contribution >= 4 is 11.8 Å². The molecule has 0 aliphatic carbocycles. The molecule has 0 spiro atoms. The first-order valence-corrected chi connectivity index (χ1v) is 13.3. The van der Waals surface area contributed by atoms with Crippen LogP contribution in [-0.2, 0) is 20.9 Å². The van der Waals surface area contributed by atoms with Gasteiger partial charge in [-0.05, 0) is 68.8 Å². The zero-order valence-corrected chi connectivity index (χ0v) is 21.0. The Kier molecular flexibility index (Phi) is 7.78. The maximum absolute atomic E-state index is 13.7. The maximum atomic E-state index is 13.7. The van der Waals surface area contributed by atoms with Gasteiger partial charge in [0.15, 0.2) is 11.5 Å². The van der Waals surface area contributed by atoms with E-state index in [0.29, 0.717) is 44.6 Å². The molecule has 4 heterocycles. The number of likely N-dealkylation sites (tertiary alicyclic amines) is 1. The summed E-state index contributed by atoms with van der Waals surface area (Å²) in [4.78, 5) is 33.1. The Balaban J connectivity index is 1.23. The van der Waals surface area contributed by atoms with Gasteiger partial charge in [-0.2, -0.15) is 0 Å². The van der Waals surface area contributed by atoms with Crippen LogP contribution < -0.4 is 9.47 Å². The van der Waals surface area contributed by atoms with Gasteiger partial charge in [-0.3, -0.25) is 9.59 Å². The molecule has 0 radical (unpaired) electrons. The number of carbonyl (C=O) groups is 2. The topological polar surface area (TPSA) is 71.6 Å². The van der Waals surface area contributed by atoms with Crippen LogP contribution in [0.25, 0.3) is 0 Å². The van der Waals surface area contributed by atoms with Crippen LogP contribution in [0.15, 0.2) is 18.2 Å². The molecule has 5 rings (SSSR count). The van der Waals surface area contributed by atoms with Gasteiger partial charge in [-0.15, -0.1) is 0 Å². The van der Waals surface area contributed by atoms with E-state index in [4.69, 9.17) is 14.2 Å². The van der Waals surface area contributed by atoms with Crippen LogP contribution in [0.1, 0.15) is 50.5 Å². The van der Waals surface area contributed by atoms with E-state index in [1.54, 1.807) is 7.11 Å². The molecule has 4 aliphatic rings. The first-order chi connectivity index (χ1) is 17.1. The smallest absolute Gasteiger partial charge is 0.231 e. The van der Waals surface area contributed by atoms with Crippen molar-refractivity contribution in [1.29, 1.82) is 0 Å². The molecule has 3 unspecified atom stereocenters. The molecular weight excluding hydrogens is 446 g/mol. The largest absolute Gasteiger partial charge is 0.454 e. The second kappa shape index (κ2) is 11.2. The average molecular weight is 486 g/mol. The molecule has 0 bridgehead atoms. The summed E-state index contributed by atoms with van der Waals surface area (Å²) in [5.41, 5.74) is 0.993. The lowest BCUT2D eigenvalue weighted by Crippen LogP contribution is -2.52. The van der Waals surface area contributed by atoms with Crippen LogP contribution in [0.4, 0.5) is 0 Å². The minimum absolute atomic E-state index is 0.0500. The lowest BCUT2D eigenvalue weighted by atomic mass is 9.83. The van der Waals surface area contributed by atoms with Gasteiger partial charge in [0.25, 0.3) is 0 Å². The number of methoxy groups -OCH3 is 1. The third kappa shape index (κ3) is 5.59. The number of nitrogens with zero attached hydrogens (tertiary/aromatic N) is 3. The van der Waals surface area contributed by atoms with E-state index in [1.807, 2.05) is 23.1 Å². The van der Waals surface area contributed by atoms with Gasteiger partial charge in [0.2, 0.25) is 18.6 Å². The van der Waals surface area contributed by atoms with Gasteiger partial charge >= 0.3 is 0 Å². The number of benzene rings is 1. The molecule has 4 aliphatic heterocycles. The molecule has 1 aromatic rings. The number of amides is 2. The van der Waals surface area contributed by atoms with E-state index in [2.05, 4.69) is 9.80 Å². The van der Waals surface area contributed by atoms with Gasteiger partial charge in [0.1, 0.15) is 0 Å². The van der Waals surface area contributed by atoms with E-state index in [0.717, 1.165) is 30.0 Å². The summed E-state index contributed by atoms with van der Waals surface area (Å²) in [6.45, 7) is 5.74. The Bertz CT molecular complexity index is 907. The van der Waals surface area contributed by atoms with Crippen molar-refractivity contribution in [3.8, 4) is 11.5 Å². The fourth-order valence-electron chi connectivity index (χ4n) is 6.37. The van der Waals surface area contributed by atoms with E-state index in [9.17, 15) is 9.59 Å². The fourth-order valence-corrected chi connectivity index (χ4v) is 6.37. The molecule has 0 N–H and O–H groups in total. The summed E-state index contributed by atoms with van der Waals surface area (Å²) in [5.74, 6) is 1.89. The van der Waals surface area contributed by atoms with Crippen molar-refractivity contribution < 1.29 is 23.8 Å². The SMILES string of the molecule is COCCCN(CC1CCCN2CCCCC12)C(=O)C1CC(=O)N(Cc2ccc3c(c2)OCO3)C1. The first kappa shape index (κ1) is 24.4. The average Bonchev–Trinajstić information content (AvgIpc) is 3.49. The number of ether oxygens (including phenoxy) is 3. The van der Waals surface area contributed by atoms with Crippen molar-refractivity contribution in [3.05, 3.63) is 23.8 Å². The zero-order valence-electron chi connectivity index (χ0n) is 21.0. The summed E-state index contributed by atoms with van der Waals surface area (Å²) in [6, 6.07) is 6.38. The molecule has 192 valence electrons. The Hall–Kier alpha value is -2.32.